The summed E-state index contributed by atoms with van der Waals surface area (Å²) < 4.78 is 5.32. The minimum Gasteiger partial charge on any atom is -0.379 e. The van der Waals surface area contributed by atoms with Gasteiger partial charge in [0.05, 0.1) is 13.2 Å². The monoisotopic (exact) mass is 282 g/mol. The molecule has 0 radical (unpaired) electrons. The smallest absolute Gasteiger partial charge is 0.224 e. The number of morpholine rings is 1. The van der Waals surface area contributed by atoms with Gasteiger partial charge in [-0.05, 0) is 17.7 Å². The van der Waals surface area contributed by atoms with Gasteiger partial charge in [-0.15, -0.1) is 0 Å². The number of rotatable bonds is 4. The lowest BCUT2D eigenvalue weighted by molar-refractivity contribution is -0.115. The van der Waals surface area contributed by atoms with Gasteiger partial charge in [-0.3, -0.25) is 9.69 Å². The Hall–Kier alpha value is -1.10. The molecule has 4 nitrogen and oxygen atoms in total. The van der Waals surface area contributed by atoms with Crippen LogP contribution in [0.2, 0.25) is 5.02 Å². The SMILES string of the molecule is CCC(=O)Nc1ccc(CN2CCOCC2)c(Cl)c1. The summed E-state index contributed by atoms with van der Waals surface area (Å²) in [6.45, 7) is 6.08. The topological polar surface area (TPSA) is 41.6 Å². The van der Waals surface area contributed by atoms with Crippen molar-refractivity contribution in [3.63, 3.8) is 0 Å². The van der Waals surface area contributed by atoms with Gasteiger partial charge >= 0.3 is 0 Å². The van der Waals surface area contributed by atoms with E-state index in [0.29, 0.717) is 11.4 Å². The number of carbonyl (C=O) groups is 1. The number of hydrogen-bond donors (Lipinski definition) is 1. The largest absolute Gasteiger partial charge is 0.379 e. The first-order valence-electron chi connectivity index (χ1n) is 6.57. The molecule has 1 aromatic carbocycles. The Morgan fingerprint density at radius 1 is 1.42 bits per heavy atom. The first kappa shape index (κ1) is 14.3. The van der Waals surface area contributed by atoms with E-state index in [1.807, 2.05) is 25.1 Å². The Labute approximate surface area is 118 Å². The summed E-state index contributed by atoms with van der Waals surface area (Å²) in [7, 11) is 0. The zero-order valence-electron chi connectivity index (χ0n) is 11.1. The minimum absolute atomic E-state index is 0.00278. The van der Waals surface area contributed by atoms with Crippen LogP contribution in [0.1, 0.15) is 18.9 Å². The maximum absolute atomic E-state index is 11.3. The van der Waals surface area contributed by atoms with Crippen LogP contribution in [0.5, 0.6) is 0 Å². The standard InChI is InChI=1S/C14H19ClN2O2/c1-2-14(18)16-12-4-3-11(13(15)9-12)10-17-5-7-19-8-6-17/h3-4,9H,2,5-8,10H2,1H3,(H,16,18). The van der Waals surface area contributed by atoms with Crippen molar-refractivity contribution in [3.8, 4) is 0 Å². The Bertz CT molecular complexity index is 445. The molecule has 0 aliphatic carbocycles. The van der Waals surface area contributed by atoms with E-state index in [1.54, 1.807) is 0 Å². The number of anilines is 1. The summed E-state index contributed by atoms with van der Waals surface area (Å²) in [5.41, 5.74) is 1.83. The Kier molecular flexibility index (Phi) is 5.19. The molecule has 1 aliphatic rings. The van der Waals surface area contributed by atoms with E-state index in [2.05, 4.69) is 10.2 Å². The Morgan fingerprint density at radius 2 is 2.16 bits per heavy atom. The van der Waals surface area contributed by atoms with Gasteiger partial charge in [-0.2, -0.15) is 0 Å². The van der Waals surface area contributed by atoms with Crippen LogP contribution in [0.25, 0.3) is 0 Å². The molecule has 0 spiro atoms. The van der Waals surface area contributed by atoms with E-state index in [1.165, 1.54) is 0 Å². The van der Waals surface area contributed by atoms with Gasteiger partial charge in [0.1, 0.15) is 0 Å². The van der Waals surface area contributed by atoms with E-state index in [4.69, 9.17) is 16.3 Å². The number of halogens is 1. The van der Waals surface area contributed by atoms with Crippen LogP contribution in [-0.4, -0.2) is 37.1 Å². The van der Waals surface area contributed by atoms with Gasteiger partial charge in [0.2, 0.25) is 5.91 Å². The van der Waals surface area contributed by atoms with Crippen LogP contribution in [0, 0.1) is 0 Å². The number of amides is 1. The van der Waals surface area contributed by atoms with Crippen LogP contribution >= 0.6 is 11.6 Å². The molecule has 0 aromatic heterocycles. The first-order chi connectivity index (χ1) is 9.19. The van der Waals surface area contributed by atoms with Gasteiger partial charge in [0.15, 0.2) is 0 Å². The highest BCUT2D eigenvalue weighted by atomic mass is 35.5. The van der Waals surface area contributed by atoms with Gasteiger partial charge in [0, 0.05) is 36.8 Å². The molecule has 19 heavy (non-hydrogen) atoms. The molecule has 0 bridgehead atoms. The van der Waals surface area contributed by atoms with Crippen LogP contribution in [0.4, 0.5) is 5.69 Å². The van der Waals surface area contributed by atoms with Gasteiger partial charge in [-0.25, -0.2) is 0 Å². The fourth-order valence-corrected chi connectivity index (χ4v) is 2.24. The molecule has 0 saturated carbocycles. The Balaban J connectivity index is 2.00. The summed E-state index contributed by atoms with van der Waals surface area (Å²) in [5.74, 6) is -0.00278. The molecule has 1 fully saturated rings. The summed E-state index contributed by atoms with van der Waals surface area (Å²) in [5, 5.41) is 3.50. The molecular formula is C14H19ClN2O2. The fourth-order valence-electron chi connectivity index (χ4n) is 2.00. The highest BCUT2D eigenvalue weighted by Gasteiger charge is 2.12. The highest BCUT2D eigenvalue weighted by molar-refractivity contribution is 6.31. The molecule has 1 amide bonds. The van der Waals surface area contributed by atoms with Crippen molar-refractivity contribution in [3.05, 3.63) is 28.8 Å². The maximum Gasteiger partial charge on any atom is 0.224 e. The van der Waals surface area contributed by atoms with E-state index >= 15 is 0 Å². The molecule has 1 N–H and O–H groups in total. The number of nitrogens with one attached hydrogen (secondary N) is 1. The predicted molar refractivity (Wildman–Crippen MR) is 76.5 cm³/mol. The highest BCUT2D eigenvalue weighted by Crippen LogP contribution is 2.22. The minimum atomic E-state index is -0.00278. The average molecular weight is 283 g/mol. The molecule has 1 aliphatic heterocycles. The van der Waals surface area contributed by atoms with Gasteiger partial charge in [0.25, 0.3) is 0 Å². The van der Waals surface area contributed by atoms with E-state index in [9.17, 15) is 4.79 Å². The summed E-state index contributed by atoms with van der Waals surface area (Å²) in [4.78, 5) is 13.6. The normalized spacial score (nSPS) is 16.3. The van der Waals surface area contributed by atoms with Crippen molar-refractivity contribution in [1.82, 2.24) is 4.90 Å². The molecular weight excluding hydrogens is 264 g/mol. The fraction of sp³-hybridized carbons (Fsp3) is 0.500. The lowest BCUT2D eigenvalue weighted by atomic mass is 10.2. The zero-order chi connectivity index (χ0) is 13.7. The van der Waals surface area contributed by atoms with E-state index in [0.717, 1.165) is 44.1 Å². The van der Waals surface area contributed by atoms with Gasteiger partial charge < -0.3 is 10.1 Å². The number of benzene rings is 1. The summed E-state index contributed by atoms with van der Waals surface area (Å²) in [6, 6.07) is 5.68. The van der Waals surface area contributed by atoms with Crippen molar-refractivity contribution in [2.75, 3.05) is 31.6 Å². The molecule has 0 atom stereocenters. The number of hydrogen-bond acceptors (Lipinski definition) is 3. The van der Waals surface area contributed by atoms with Crippen molar-refractivity contribution in [2.24, 2.45) is 0 Å². The van der Waals surface area contributed by atoms with Gasteiger partial charge in [-0.1, -0.05) is 24.6 Å². The predicted octanol–water partition coefficient (Wildman–Crippen LogP) is 2.52. The quantitative estimate of drug-likeness (QED) is 0.923. The second kappa shape index (κ2) is 6.89. The molecule has 2 rings (SSSR count). The van der Waals surface area contributed by atoms with Crippen molar-refractivity contribution in [1.29, 1.82) is 0 Å². The van der Waals surface area contributed by atoms with Crippen LogP contribution in [0.3, 0.4) is 0 Å². The van der Waals surface area contributed by atoms with Crippen LogP contribution in [-0.2, 0) is 16.1 Å². The second-order valence-electron chi connectivity index (χ2n) is 4.60. The lowest BCUT2D eigenvalue weighted by Gasteiger charge is -2.27. The third kappa shape index (κ3) is 4.20. The Morgan fingerprint density at radius 3 is 2.79 bits per heavy atom. The average Bonchev–Trinajstić information content (AvgIpc) is 2.43. The number of carbonyl (C=O) groups excluding carboxylic acids is 1. The first-order valence-corrected chi connectivity index (χ1v) is 6.95. The number of nitrogens with zero attached hydrogens (tertiary/aromatic N) is 1. The van der Waals surface area contributed by atoms with E-state index < -0.39 is 0 Å². The van der Waals surface area contributed by atoms with Crippen molar-refractivity contribution < 1.29 is 9.53 Å². The molecule has 5 heteroatoms. The van der Waals surface area contributed by atoms with Crippen LogP contribution in [0.15, 0.2) is 18.2 Å². The summed E-state index contributed by atoms with van der Waals surface area (Å²) in [6.07, 6.45) is 0.465. The summed E-state index contributed by atoms with van der Waals surface area (Å²) >= 11 is 6.27. The maximum atomic E-state index is 11.3. The third-order valence-corrected chi connectivity index (χ3v) is 3.51. The van der Waals surface area contributed by atoms with Crippen molar-refractivity contribution >= 4 is 23.2 Å². The lowest BCUT2D eigenvalue weighted by Crippen LogP contribution is -2.35. The molecule has 0 unspecified atom stereocenters. The zero-order valence-corrected chi connectivity index (χ0v) is 11.9. The molecule has 1 aromatic rings. The van der Waals surface area contributed by atoms with E-state index in [-0.39, 0.29) is 5.91 Å². The van der Waals surface area contributed by atoms with Crippen molar-refractivity contribution in [2.45, 2.75) is 19.9 Å². The molecule has 1 saturated heterocycles. The molecule has 1 heterocycles. The number of ether oxygens (including phenoxy) is 1. The second-order valence-corrected chi connectivity index (χ2v) is 5.00. The third-order valence-electron chi connectivity index (χ3n) is 3.16. The molecule has 104 valence electrons. The van der Waals surface area contributed by atoms with Crippen LogP contribution < -0.4 is 5.32 Å².